The second-order valence-electron chi connectivity index (χ2n) is 13.8. The van der Waals surface area contributed by atoms with Crippen LogP contribution < -0.4 is 0 Å². The summed E-state index contributed by atoms with van der Waals surface area (Å²) in [5, 5.41) is 5.19. The topological polar surface area (TPSA) is 9.86 Å². The molecular formula is C49H32N2S. The molecule has 0 saturated heterocycles. The van der Waals surface area contributed by atoms with E-state index in [2.05, 4.69) is 191 Å². The average molecular weight is 681 g/mol. The first-order valence-electron chi connectivity index (χ1n) is 17.9. The van der Waals surface area contributed by atoms with E-state index in [0.29, 0.717) is 0 Å². The summed E-state index contributed by atoms with van der Waals surface area (Å²) in [6.45, 7) is 0. The van der Waals surface area contributed by atoms with Gasteiger partial charge in [0, 0.05) is 42.7 Å². The van der Waals surface area contributed by atoms with Gasteiger partial charge in [-0.05, 0) is 100 Å². The fraction of sp³-hybridized carbons (Fsp3) is 0.0204. The van der Waals surface area contributed by atoms with Crippen molar-refractivity contribution in [1.82, 2.24) is 9.13 Å². The lowest BCUT2D eigenvalue weighted by molar-refractivity contribution is 1.06. The first-order chi connectivity index (χ1) is 25.8. The van der Waals surface area contributed by atoms with Crippen molar-refractivity contribution in [3.05, 3.63) is 193 Å². The molecule has 2 nitrogen and oxygen atoms in total. The lowest BCUT2D eigenvalue weighted by Gasteiger charge is -2.20. The van der Waals surface area contributed by atoms with Gasteiger partial charge in [0.15, 0.2) is 0 Å². The van der Waals surface area contributed by atoms with E-state index < -0.39 is 0 Å². The Kier molecular flexibility index (Phi) is 6.58. The molecule has 3 heterocycles. The Morgan fingerprint density at radius 1 is 0.327 bits per heavy atom. The van der Waals surface area contributed by atoms with Crippen LogP contribution in [-0.2, 0) is 6.42 Å². The molecule has 2 aromatic heterocycles. The summed E-state index contributed by atoms with van der Waals surface area (Å²) in [4.78, 5) is 2.66. The minimum atomic E-state index is 0.915. The molecule has 0 aliphatic carbocycles. The number of hydrogen-bond donors (Lipinski definition) is 0. The predicted molar refractivity (Wildman–Crippen MR) is 219 cm³/mol. The molecule has 1 aliphatic heterocycles. The first-order valence-corrected chi connectivity index (χ1v) is 18.7. The van der Waals surface area contributed by atoms with Gasteiger partial charge in [-0.3, -0.25) is 0 Å². The summed E-state index contributed by atoms with van der Waals surface area (Å²) in [6, 6.07) is 66.7. The lowest BCUT2D eigenvalue weighted by Crippen LogP contribution is -2.01. The number of hydrogen-bond acceptors (Lipinski definition) is 1. The summed E-state index contributed by atoms with van der Waals surface area (Å²) in [6.07, 6.45) is 0.915. The van der Waals surface area contributed by atoms with E-state index in [1.165, 1.54) is 98.2 Å². The van der Waals surface area contributed by atoms with E-state index in [-0.39, 0.29) is 0 Å². The molecule has 0 amide bonds. The van der Waals surface area contributed by atoms with Crippen LogP contribution >= 0.6 is 11.8 Å². The van der Waals surface area contributed by atoms with Gasteiger partial charge in [0.1, 0.15) is 0 Å². The highest BCUT2D eigenvalue weighted by molar-refractivity contribution is 7.99. The van der Waals surface area contributed by atoms with Crippen LogP contribution in [-0.4, -0.2) is 9.13 Å². The molecule has 11 rings (SSSR count). The number of nitrogens with zero attached hydrogens (tertiary/aromatic N) is 2. The molecule has 0 atom stereocenters. The Hall–Kier alpha value is -6.29. The van der Waals surface area contributed by atoms with Gasteiger partial charge in [-0.25, -0.2) is 0 Å². The maximum atomic E-state index is 2.46. The molecule has 8 aromatic carbocycles. The van der Waals surface area contributed by atoms with E-state index in [1.807, 2.05) is 11.8 Å². The molecule has 1 aliphatic rings. The summed E-state index contributed by atoms with van der Waals surface area (Å²) < 4.78 is 4.89. The van der Waals surface area contributed by atoms with Crippen LogP contribution in [0.4, 0.5) is 0 Å². The zero-order valence-electron chi connectivity index (χ0n) is 28.3. The SMILES string of the molecule is c1ccc(-c2ccc(-n3c4ccccc4c4cc5c(cc43)Sc3cc4c(cc3C5)c3ccccc3n4-c3cccc(-c4ccccc4)c3)cc2)cc1. The highest BCUT2D eigenvalue weighted by Gasteiger charge is 2.23. The van der Waals surface area contributed by atoms with E-state index in [9.17, 15) is 0 Å². The Balaban J connectivity index is 1.06. The minimum absolute atomic E-state index is 0.915. The maximum absolute atomic E-state index is 2.46. The number of rotatable bonds is 4. The van der Waals surface area contributed by atoms with Crippen LogP contribution in [0.5, 0.6) is 0 Å². The van der Waals surface area contributed by atoms with E-state index in [0.717, 1.165) is 6.42 Å². The molecule has 0 fully saturated rings. The fourth-order valence-corrected chi connectivity index (χ4v) is 9.42. The van der Waals surface area contributed by atoms with E-state index in [4.69, 9.17) is 0 Å². The zero-order valence-corrected chi connectivity index (χ0v) is 29.1. The predicted octanol–water partition coefficient (Wildman–Crippen LogP) is 13.3. The van der Waals surface area contributed by atoms with Crippen LogP contribution in [0, 0.1) is 0 Å². The zero-order chi connectivity index (χ0) is 34.2. The van der Waals surface area contributed by atoms with Crippen molar-refractivity contribution < 1.29 is 0 Å². The highest BCUT2D eigenvalue weighted by atomic mass is 32.2. The monoisotopic (exact) mass is 680 g/mol. The third-order valence-corrected chi connectivity index (χ3v) is 12.0. The summed E-state index contributed by atoms with van der Waals surface area (Å²) in [5.41, 5.74) is 15.0. The molecule has 0 spiro atoms. The number of para-hydroxylation sites is 2. The van der Waals surface area contributed by atoms with Crippen LogP contribution in [0.2, 0.25) is 0 Å². The number of benzene rings is 8. The Labute approximate surface area is 306 Å². The normalized spacial score (nSPS) is 12.5. The second-order valence-corrected chi connectivity index (χ2v) is 14.9. The minimum Gasteiger partial charge on any atom is -0.309 e. The van der Waals surface area contributed by atoms with Gasteiger partial charge >= 0.3 is 0 Å². The Bertz CT molecular complexity index is 2990. The molecule has 0 bridgehead atoms. The fourth-order valence-electron chi connectivity index (χ4n) is 8.32. The van der Waals surface area contributed by atoms with Gasteiger partial charge < -0.3 is 9.13 Å². The van der Waals surface area contributed by atoms with Crippen molar-refractivity contribution in [2.45, 2.75) is 16.2 Å². The molecule has 3 heteroatoms. The molecule has 10 aromatic rings. The van der Waals surface area contributed by atoms with Gasteiger partial charge in [-0.2, -0.15) is 0 Å². The van der Waals surface area contributed by atoms with Crippen LogP contribution in [0.1, 0.15) is 11.1 Å². The highest BCUT2D eigenvalue weighted by Crippen LogP contribution is 2.46. The molecule has 0 saturated carbocycles. The molecule has 52 heavy (non-hydrogen) atoms. The lowest BCUT2D eigenvalue weighted by atomic mass is 9.99. The maximum Gasteiger partial charge on any atom is 0.0552 e. The van der Waals surface area contributed by atoms with Crippen LogP contribution in [0.25, 0.3) is 77.2 Å². The molecule has 0 radical (unpaired) electrons. The average Bonchev–Trinajstić information content (AvgIpc) is 3.70. The van der Waals surface area contributed by atoms with Gasteiger partial charge in [0.05, 0.1) is 22.1 Å². The second kappa shape index (κ2) is 11.6. The Morgan fingerprint density at radius 2 is 0.808 bits per heavy atom. The molecule has 0 unspecified atom stereocenters. The van der Waals surface area contributed by atoms with Crippen molar-refractivity contribution in [3.8, 4) is 33.6 Å². The van der Waals surface area contributed by atoms with E-state index in [1.54, 1.807) is 0 Å². The first kappa shape index (κ1) is 29.4. The summed E-state index contributed by atoms with van der Waals surface area (Å²) >= 11 is 1.91. The van der Waals surface area contributed by atoms with Gasteiger partial charge in [-0.1, -0.05) is 133 Å². The van der Waals surface area contributed by atoms with E-state index >= 15 is 0 Å². The third-order valence-electron chi connectivity index (χ3n) is 10.8. The number of fused-ring (bicyclic) bond motifs is 8. The summed E-state index contributed by atoms with van der Waals surface area (Å²) in [7, 11) is 0. The molecular weight excluding hydrogens is 649 g/mol. The van der Waals surface area contributed by atoms with Crippen molar-refractivity contribution in [2.24, 2.45) is 0 Å². The van der Waals surface area contributed by atoms with Crippen molar-refractivity contribution >= 4 is 55.4 Å². The summed E-state index contributed by atoms with van der Waals surface area (Å²) in [5.74, 6) is 0. The van der Waals surface area contributed by atoms with Crippen LogP contribution in [0.3, 0.4) is 0 Å². The van der Waals surface area contributed by atoms with Crippen molar-refractivity contribution in [2.75, 3.05) is 0 Å². The Morgan fingerprint density at radius 3 is 1.40 bits per heavy atom. The van der Waals surface area contributed by atoms with Gasteiger partial charge in [0.2, 0.25) is 0 Å². The van der Waals surface area contributed by atoms with Crippen molar-refractivity contribution in [3.63, 3.8) is 0 Å². The third kappa shape index (κ3) is 4.60. The smallest absolute Gasteiger partial charge is 0.0552 e. The quantitative estimate of drug-likeness (QED) is 0.180. The van der Waals surface area contributed by atoms with Crippen LogP contribution in [0.15, 0.2) is 192 Å². The standard InChI is InChI=1S/C49H32N2S/c1-3-12-32(13-4-1)34-22-24-38(25-23-34)50-44-20-9-7-18-40(44)42-28-36-26-37-29-43-41-19-8-10-21-45(41)51(47(43)31-49(37)52-48(36)30-46(42)50)39-17-11-16-35(27-39)33-14-5-2-6-15-33/h1-25,27-31H,26H2. The van der Waals surface area contributed by atoms with Gasteiger partial charge in [-0.15, -0.1) is 0 Å². The largest absolute Gasteiger partial charge is 0.309 e. The van der Waals surface area contributed by atoms with Gasteiger partial charge in [0.25, 0.3) is 0 Å². The molecule has 0 N–H and O–H groups in total. The molecule has 244 valence electrons. The van der Waals surface area contributed by atoms with Crippen molar-refractivity contribution in [1.29, 1.82) is 0 Å². The number of aromatic nitrogens is 2.